The van der Waals surface area contributed by atoms with E-state index in [-0.39, 0.29) is 23.8 Å². The van der Waals surface area contributed by atoms with Crippen molar-refractivity contribution in [1.29, 1.82) is 0 Å². The number of aromatic nitrogens is 1. The number of thiazole rings is 1. The summed E-state index contributed by atoms with van der Waals surface area (Å²) in [7, 11) is 1.65. The van der Waals surface area contributed by atoms with Gasteiger partial charge in [-0.15, -0.1) is 11.3 Å². The Morgan fingerprint density at radius 3 is 2.71 bits per heavy atom. The van der Waals surface area contributed by atoms with E-state index < -0.39 is 5.41 Å². The third-order valence-electron chi connectivity index (χ3n) is 6.39. The number of amides is 2. The lowest BCUT2D eigenvalue weighted by molar-refractivity contribution is -0.137. The van der Waals surface area contributed by atoms with E-state index in [1.54, 1.807) is 7.11 Å². The highest BCUT2D eigenvalue weighted by atomic mass is 32.1. The Morgan fingerprint density at radius 1 is 1.23 bits per heavy atom. The Morgan fingerprint density at radius 2 is 1.97 bits per heavy atom. The molecule has 6 nitrogen and oxygen atoms in total. The first kappa shape index (κ1) is 19.8. The number of methoxy groups -OCH3 is 1. The monoisotopic (exact) mass is 433 g/mol. The average Bonchev–Trinajstić information content (AvgIpc) is 3.22. The number of carbonyl (C=O) groups excluding carboxylic acids is 2. The van der Waals surface area contributed by atoms with Crippen molar-refractivity contribution in [1.82, 2.24) is 10.3 Å². The van der Waals surface area contributed by atoms with E-state index in [0.29, 0.717) is 18.0 Å². The number of nitrogens with zero attached hydrogens (tertiary/aromatic N) is 1. The molecule has 2 amide bonds. The first-order valence-corrected chi connectivity index (χ1v) is 11.1. The fraction of sp³-hybridized carbons (Fsp3) is 0.292. The van der Waals surface area contributed by atoms with E-state index in [2.05, 4.69) is 15.6 Å². The molecular formula is C24H23N3O3S. The second kappa shape index (κ2) is 7.50. The molecule has 3 aliphatic rings. The molecule has 7 heteroatoms. The van der Waals surface area contributed by atoms with Crippen LogP contribution in [0.2, 0.25) is 0 Å². The standard InChI is InChI=1S/C24H23N3O3S/c1-24(12-19-17-5-3-4-6-18(17)20(24)26-21(19)28)22(29)27-23-25-15(13-31-23)11-14-7-9-16(30-2)10-8-14/h3-10,13,19-20H,11-12H2,1-2H3,(H,26,28)(H,25,27,29). The largest absolute Gasteiger partial charge is 0.497 e. The van der Waals surface area contributed by atoms with Gasteiger partial charge in [0.15, 0.2) is 5.13 Å². The van der Waals surface area contributed by atoms with Gasteiger partial charge in [0.2, 0.25) is 11.8 Å². The lowest BCUT2D eigenvalue weighted by Crippen LogP contribution is -2.57. The molecule has 0 spiro atoms. The van der Waals surface area contributed by atoms with Gasteiger partial charge in [0.25, 0.3) is 0 Å². The predicted molar refractivity (Wildman–Crippen MR) is 119 cm³/mol. The molecule has 1 saturated heterocycles. The third-order valence-corrected chi connectivity index (χ3v) is 7.19. The highest BCUT2D eigenvalue weighted by molar-refractivity contribution is 7.13. The van der Waals surface area contributed by atoms with E-state index in [9.17, 15) is 9.59 Å². The van der Waals surface area contributed by atoms with Gasteiger partial charge in [0.05, 0.1) is 30.2 Å². The minimum absolute atomic E-state index is 0.00463. The van der Waals surface area contributed by atoms with Crippen LogP contribution in [0.25, 0.3) is 0 Å². The summed E-state index contributed by atoms with van der Waals surface area (Å²) in [6.45, 7) is 1.93. The van der Waals surface area contributed by atoms with Crippen molar-refractivity contribution in [2.75, 3.05) is 12.4 Å². The lowest BCUT2D eigenvalue weighted by Gasteiger charge is -2.49. The topological polar surface area (TPSA) is 80.3 Å². The van der Waals surface area contributed by atoms with E-state index in [1.807, 2.05) is 60.8 Å². The molecule has 2 N–H and O–H groups in total. The van der Waals surface area contributed by atoms with Crippen LogP contribution in [-0.2, 0) is 16.0 Å². The van der Waals surface area contributed by atoms with Gasteiger partial charge in [-0.1, -0.05) is 36.4 Å². The van der Waals surface area contributed by atoms with E-state index >= 15 is 0 Å². The smallest absolute Gasteiger partial charge is 0.234 e. The molecule has 158 valence electrons. The van der Waals surface area contributed by atoms with Crippen molar-refractivity contribution in [3.8, 4) is 5.75 Å². The summed E-state index contributed by atoms with van der Waals surface area (Å²) in [5.74, 6) is 0.421. The van der Waals surface area contributed by atoms with Crippen molar-refractivity contribution < 1.29 is 14.3 Å². The van der Waals surface area contributed by atoms with Crippen LogP contribution < -0.4 is 15.4 Å². The van der Waals surface area contributed by atoms with Gasteiger partial charge in [-0.2, -0.15) is 0 Å². The maximum atomic E-state index is 13.3. The molecule has 3 heterocycles. The molecule has 2 bridgehead atoms. The summed E-state index contributed by atoms with van der Waals surface area (Å²) in [5.41, 5.74) is 3.38. The maximum Gasteiger partial charge on any atom is 0.234 e. The zero-order valence-corrected chi connectivity index (χ0v) is 18.2. The van der Waals surface area contributed by atoms with Crippen LogP contribution >= 0.6 is 11.3 Å². The van der Waals surface area contributed by atoms with Gasteiger partial charge in [-0.05, 0) is 42.2 Å². The number of benzene rings is 2. The molecule has 2 aromatic carbocycles. The number of piperidine rings is 1. The van der Waals surface area contributed by atoms with Crippen molar-refractivity contribution >= 4 is 28.3 Å². The van der Waals surface area contributed by atoms with Crippen LogP contribution in [-0.4, -0.2) is 23.9 Å². The molecule has 6 rings (SSSR count). The highest BCUT2D eigenvalue weighted by Crippen LogP contribution is 2.53. The number of rotatable bonds is 5. The summed E-state index contributed by atoms with van der Waals surface area (Å²) in [6.07, 6.45) is 1.18. The third kappa shape index (κ3) is 3.39. The van der Waals surface area contributed by atoms with Crippen molar-refractivity contribution in [2.24, 2.45) is 5.41 Å². The number of nitrogens with one attached hydrogen (secondary N) is 2. The first-order chi connectivity index (χ1) is 15.0. The molecule has 0 radical (unpaired) electrons. The molecule has 3 aromatic rings. The normalized spacial score (nSPS) is 23.7. The molecule has 3 unspecified atom stereocenters. The molecular weight excluding hydrogens is 410 g/mol. The van der Waals surface area contributed by atoms with Gasteiger partial charge in [0, 0.05) is 11.8 Å². The Kier molecular flexibility index (Phi) is 4.78. The van der Waals surface area contributed by atoms with Crippen LogP contribution in [0, 0.1) is 5.41 Å². The molecule has 3 atom stereocenters. The summed E-state index contributed by atoms with van der Waals surface area (Å²) in [5, 5.41) is 8.60. The van der Waals surface area contributed by atoms with Crippen molar-refractivity contribution in [3.63, 3.8) is 0 Å². The molecule has 0 saturated carbocycles. The number of anilines is 1. The molecule has 1 aliphatic carbocycles. The Labute approximate surface area is 184 Å². The number of hydrogen-bond donors (Lipinski definition) is 2. The molecule has 31 heavy (non-hydrogen) atoms. The van der Waals surface area contributed by atoms with Gasteiger partial charge >= 0.3 is 0 Å². The Balaban J connectivity index is 1.32. The fourth-order valence-corrected chi connectivity index (χ4v) is 5.37. The number of hydrogen-bond acceptors (Lipinski definition) is 5. The number of carbonyl (C=O) groups is 2. The van der Waals surface area contributed by atoms with Crippen molar-refractivity contribution in [3.05, 3.63) is 76.3 Å². The highest BCUT2D eigenvalue weighted by Gasteiger charge is 2.55. The zero-order chi connectivity index (χ0) is 21.6. The summed E-state index contributed by atoms with van der Waals surface area (Å²) in [4.78, 5) is 30.4. The summed E-state index contributed by atoms with van der Waals surface area (Å²) >= 11 is 1.42. The quantitative estimate of drug-likeness (QED) is 0.636. The lowest BCUT2D eigenvalue weighted by atomic mass is 9.61. The maximum absolute atomic E-state index is 13.3. The minimum atomic E-state index is -0.727. The number of fused-ring (bicyclic) bond motifs is 2. The van der Waals surface area contributed by atoms with Gasteiger partial charge in [-0.3, -0.25) is 9.59 Å². The summed E-state index contributed by atoms with van der Waals surface area (Å²) < 4.78 is 5.20. The molecule has 1 fully saturated rings. The Bertz CT molecular complexity index is 1160. The van der Waals surface area contributed by atoms with Crippen molar-refractivity contribution in [2.45, 2.75) is 31.7 Å². The van der Waals surface area contributed by atoms with Crippen LogP contribution in [0.4, 0.5) is 5.13 Å². The van der Waals surface area contributed by atoms with Gasteiger partial charge in [-0.25, -0.2) is 4.98 Å². The average molecular weight is 434 g/mol. The second-order valence-corrected chi connectivity index (χ2v) is 9.23. The fourth-order valence-electron chi connectivity index (χ4n) is 4.66. The Hall–Kier alpha value is -3.19. The molecule has 1 aromatic heterocycles. The molecule has 2 aliphatic heterocycles. The van der Waals surface area contributed by atoms with Crippen LogP contribution in [0.3, 0.4) is 0 Å². The first-order valence-electron chi connectivity index (χ1n) is 10.3. The number of ether oxygens (including phenoxy) is 1. The van der Waals surface area contributed by atoms with E-state index in [4.69, 9.17) is 4.74 Å². The zero-order valence-electron chi connectivity index (χ0n) is 17.3. The van der Waals surface area contributed by atoms with Crippen LogP contribution in [0.15, 0.2) is 53.9 Å². The van der Waals surface area contributed by atoms with E-state index in [1.165, 1.54) is 11.3 Å². The van der Waals surface area contributed by atoms with E-state index in [0.717, 1.165) is 28.1 Å². The predicted octanol–water partition coefficient (Wildman–Crippen LogP) is 4.05. The SMILES string of the molecule is COc1ccc(Cc2csc(NC(=O)C3(C)CC4C(=O)NC3c3ccccc34)n2)cc1. The summed E-state index contributed by atoms with van der Waals surface area (Å²) in [6, 6.07) is 15.4. The van der Waals surface area contributed by atoms with Gasteiger partial charge in [0.1, 0.15) is 5.75 Å². The second-order valence-electron chi connectivity index (χ2n) is 8.37. The van der Waals surface area contributed by atoms with Gasteiger partial charge < -0.3 is 15.4 Å². The van der Waals surface area contributed by atoms with Crippen LogP contribution in [0.5, 0.6) is 5.75 Å². The van der Waals surface area contributed by atoms with Crippen LogP contribution in [0.1, 0.15) is 47.7 Å². The minimum Gasteiger partial charge on any atom is -0.497 e.